The average Bonchev–Trinajstić information content (AvgIpc) is 2.74. The molecule has 0 aliphatic heterocycles. The number of ether oxygens (including phenoxy) is 1. The van der Waals surface area contributed by atoms with Crippen molar-refractivity contribution in [2.45, 2.75) is 6.61 Å². The van der Waals surface area contributed by atoms with Gasteiger partial charge in [0, 0.05) is 5.56 Å². The van der Waals surface area contributed by atoms with Crippen molar-refractivity contribution < 1.29 is 4.74 Å². The van der Waals surface area contributed by atoms with Crippen LogP contribution in [0.3, 0.4) is 0 Å². The van der Waals surface area contributed by atoms with Crippen molar-refractivity contribution in [1.29, 1.82) is 5.26 Å². The Kier molecular flexibility index (Phi) is 5.73. The summed E-state index contributed by atoms with van der Waals surface area (Å²) in [5, 5.41) is 8.99. The van der Waals surface area contributed by atoms with Gasteiger partial charge >= 0.3 is 0 Å². The van der Waals surface area contributed by atoms with Crippen LogP contribution in [0.25, 0.3) is 16.8 Å². The van der Waals surface area contributed by atoms with Gasteiger partial charge < -0.3 is 15.9 Å². The Morgan fingerprint density at radius 3 is 2.04 bits per heavy atom. The Morgan fingerprint density at radius 2 is 1.48 bits per heavy atom. The number of benzene rings is 3. The molecule has 0 saturated carbocycles. The van der Waals surface area contributed by atoms with E-state index in [-0.39, 0.29) is 5.70 Å². The van der Waals surface area contributed by atoms with Crippen LogP contribution in [0.4, 0.5) is 0 Å². The quantitative estimate of drug-likeness (QED) is 0.356. The third-order valence-corrected chi connectivity index (χ3v) is 4.16. The van der Waals surface area contributed by atoms with E-state index in [4.69, 9.17) is 21.6 Å². The molecule has 0 heterocycles. The van der Waals surface area contributed by atoms with Crippen LogP contribution in [0, 0.1) is 11.3 Å². The molecule has 0 aliphatic carbocycles. The highest BCUT2D eigenvalue weighted by Crippen LogP contribution is 2.24. The lowest BCUT2D eigenvalue weighted by Crippen LogP contribution is -2.23. The summed E-state index contributed by atoms with van der Waals surface area (Å²) in [6, 6.07) is 27.5. The molecule has 3 rings (SSSR count). The standard InChI is InChI=1S/C22H20N4O/c23-14-21(26-25)22(24)19-8-6-17(7-9-19)18-10-12-20(13-11-18)27-15-16-4-2-1-3-5-16/h1-13,26H,15,24-25H2/b22-21-. The first-order valence-electron chi connectivity index (χ1n) is 8.45. The maximum atomic E-state index is 8.99. The van der Waals surface area contributed by atoms with Crippen molar-refractivity contribution in [3.05, 3.63) is 95.7 Å². The second kappa shape index (κ2) is 8.56. The fraction of sp³-hybridized carbons (Fsp3) is 0.0455. The molecule has 0 aromatic heterocycles. The topological polar surface area (TPSA) is 97.1 Å². The predicted octanol–water partition coefficient (Wildman–Crippen LogP) is 3.55. The third kappa shape index (κ3) is 4.46. The molecule has 0 fully saturated rings. The zero-order chi connectivity index (χ0) is 19.1. The van der Waals surface area contributed by atoms with Gasteiger partial charge in [-0.1, -0.05) is 66.7 Å². The maximum Gasteiger partial charge on any atom is 0.151 e. The predicted molar refractivity (Wildman–Crippen MR) is 107 cm³/mol. The van der Waals surface area contributed by atoms with Gasteiger partial charge in [0.1, 0.15) is 18.4 Å². The highest BCUT2D eigenvalue weighted by Gasteiger charge is 2.05. The lowest BCUT2D eigenvalue weighted by molar-refractivity contribution is 0.306. The monoisotopic (exact) mass is 356 g/mol. The van der Waals surface area contributed by atoms with E-state index in [0.717, 1.165) is 28.0 Å². The van der Waals surface area contributed by atoms with E-state index in [2.05, 4.69) is 5.43 Å². The summed E-state index contributed by atoms with van der Waals surface area (Å²) in [7, 11) is 0. The van der Waals surface area contributed by atoms with Crippen LogP contribution in [0.1, 0.15) is 11.1 Å². The molecule has 0 radical (unpaired) electrons. The number of nitriles is 1. The molecule has 5 nitrogen and oxygen atoms in total. The van der Waals surface area contributed by atoms with E-state index < -0.39 is 0 Å². The number of hydrogen-bond donors (Lipinski definition) is 3. The maximum absolute atomic E-state index is 8.99. The average molecular weight is 356 g/mol. The third-order valence-electron chi connectivity index (χ3n) is 4.16. The van der Waals surface area contributed by atoms with Crippen molar-refractivity contribution in [2.75, 3.05) is 0 Å². The number of hydrazine groups is 1. The van der Waals surface area contributed by atoms with Crippen molar-refractivity contribution in [1.82, 2.24) is 5.43 Å². The number of hydrogen-bond acceptors (Lipinski definition) is 5. The fourth-order valence-electron chi connectivity index (χ4n) is 2.64. The van der Waals surface area contributed by atoms with E-state index in [0.29, 0.717) is 12.3 Å². The molecule has 0 bridgehead atoms. The molecule has 0 unspecified atom stereocenters. The normalized spacial score (nSPS) is 11.3. The minimum absolute atomic E-state index is 0.141. The van der Waals surface area contributed by atoms with Gasteiger partial charge in [-0.15, -0.1) is 0 Å². The molecular formula is C22H20N4O. The van der Waals surface area contributed by atoms with Gasteiger partial charge in [0.05, 0.1) is 5.70 Å². The minimum Gasteiger partial charge on any atom is -0.489 e. The zero-order valence-electron chi connectivity index (χ0n) is 14.7. The van der Waals surface area contributed by atoms with Gasteiger partial charge in [0.2, 0.25) is 0 Å². The lowest BCUT2D eigenvalue weighted by Gasteiger charge is -2.09. The SMILES string of the molecule is N#C/C(NN)=C(/N)c1ccc(-c2ccc(OCc3ccccc3)cc2)cc1. The zero-order valence-corrected chi connectivity index (χ0v) is 14.7. The van der Waals surface area contributed by atoms with Crippen LogP contribution in [-0.2, 0) is 6.61 Å². The summed E-state index contributed by atoms with van der Waals surface area (Å²) < 4.78 is 5.81. The first kappa shape index (κ1) is 18.1. The molecule has 3 aromatic rings. The number of allylic oxidation sites excluding steroid dienone is 1. The molecule has 5 N–H and O–H groups in total. The van der Waals surface area contributed by atoms with Crippen LogP contribution in [0.2, 0.25) is 0 Å². The first-order valence-corrected chi connectivity index (χ1v) is 8.45. The van der Waals surface area contributed by atoms with Gasteiger partial charge in [-0.3, -0.25) is 0 Å². The Morgan fingerprint density at radius 1 is 0.889 bits per heavy atom. The van der Waals surface area contributed by atoms with Crippen LogP contribution in [-0.4, -0.2) is 0 Å². The number of nitrogens with one attached hydrogen (secondary N) is 1. The lowest BCUT2D eigenvalue weighted by atomic mass is 10.0. The van der Waals surface area contributed by atoms with E-state index >= 15 is 0 Å². The van der Waals surface area contributed by atoms with Crippen molar-refractivity contribution in [2.24, 2.45) is 11.6 Å². The molecule has 3 aromatic carbocycles. The van der Waals surface area contributed by atoms with Crippen LogP contribution in [0.5, 0.6) is 5.75 Å². The highest BCUT2D eigenvalue weighted by atomic mass is 16.5. The second-order valence-electron chi connectivity index (χ2n) is 5.92. The van der Waals surface area contributed by atoms with Gasteiger partial charge in [0.15, 0.2) is 5.70 Å². The van der Waals surface area contributed by atoms with Crippen LogP contribution in [0.15, 0.2) is 84.6 Å². The molecule has 5 heteroatoms. The highest BCUT2D eigenvalue weighted by molar-refractivity contribution is 5.72. The first-order chi connectivity index (χ1) is 13.2. The molecular weight excluding hydrogens is 336 g/mol. The largest absolute Gasteiger partial charge is 0.489 e. The van der Waals surface area contributed by atoms with E-state index in [1.165, 1.54) is 0 Å². The molecule has 0 aliphatic rings. The number of nitrogens with two attached hydrogens (primary N) is 2. The van der Waals surface area contributed by atoms with Crippen molar-refractivity contribution >= 4 is 5.70 Å². The van der Waals surface area contributed by atoms with E-state index in [9.17, 15) is 0 Å². The summed E-state index contributed by atoms with van der Waals surface area (Å²) in [6.45, 7) is 0.539. The van der Waals surface area contributed by atoms with Gasteiger partial charge in [-0.25, -0.2) is 5.84 Å². The van der Waals surface area contributed by atoms with Crippen molar-refractivity contribution in [3.63, 3.8) is 0 Å². The van der Waals surface area contributed by atoms with Gasteiger partial charge in [0.25, 0.3) is 0 Å². The van der Waals surface area contributed by atoms with E-state index in [1.807, 2.05) is 84.9 Å². The Labute approximate surface area is 158 Å². The number of nitrogens with zero attached hydrogens (tertiary/aromatic N) is 1. The Hall–Kier alpha value is -3.75. The molecule has 0 amide bonds. The summed E-state index contributed by atoms with van der Waals surface area (Å²) in [6.07, 6.45) is 0. The summed E-state index contributed by atoms with van der Waals surface area (Å²) in [4.78, 5) is 0. The van der Waals surface area contributed by atoms with E-state index in [1.54, 1.807) is 0 Å². The molecule has 0 spiro atoms. The summed E-state index contributed by atoms with van der Waals surface area (Å²) in [5.41, 5.74) is 12.7. The summed E-state index contributed by atoms with van der Waals surface area (Å²) >= 11 is 0. The smallest absolute Gasteiger partial charge is 0.151 e. The van der Waals surface area contributed by atoms with Crippen LogP contribution < -0.4 is 21.7 Å². The summed E-state index contributed by atoms with van der Waals surface area (Å²) in [5.74, 6) is 6.11. The molecule has 0 saturated heterocycles. The molecule has 0 atom stereocenters. The number of rotatable bonds is 6. The minimum atomic E-state index is 0.141. The van der Waals surface area contributed by atoms with Crippen molar-refractivity contribution in [3.8, 4) is 22.9 Å². The molecule has 134 valence electrons. The van der Waals surface area contributed by atoms with Gasteiger partial charge in [-0.05, 0) is 28.8 Å². The van der Waals surface area contributed by atoms with Gasteiger partial charge in [-0.2, -0.15) is 5.26 Å². The Bertz CT molecular complexity index is 956. The Balaban J connectivity index is 1.70. The van der Waals surface area contributed by atoms with Crippen LogP contribution >= 0.6 is 0 Å². The fourth-order valence-corrected chi connectivity index (χ4v) is 2.64. The second-order valence-corrected chi connectivity index (χ2v) is 5.92. The molecule has 27 heavy (non-hydrogen) atoms.